The Kier molecular flexibility index (Phi) is 4.81. The van der Waals surface area contributed by atoms with Crippen molar-refractivity contribution in [3.05, 3.63) is 29.8 Å². The summed E-state index contributed by atoms with van der Waals surface area (Å²) < 4.78 is 5.59. The number of anilines is 1. The first-order chi connectivity index (χ1) is 9.50. The van der Waals surface area contributed by atoms with Crippen LogP contribution in [-0.2, 0) is 14.9 Å². The highest BCUT2D eigenvalue weighted by Gasteiger charge is 2.29. The molecule has 1 atom stereocenters. The molecule has 0 spiro atoms. The molecule has 0 saturated carbocycles. The second kappa shape index (κ2) is 6.40. The number of hydrogen-bond acceptors (Lipinski definition) is 3. The smallest absolute Gasteiger partial charge is 0.142 e. The fourth-order valence-electron chi connectivity index (χ4n) is 2.74. The zero-order valence-electron chi connectivity index (χ0n) is 12.5. The quantitative estimate of drug-likeness (QED) is 0.809. The number of carbonyl (C=O) groups excluding carboxylic acids is 1. The van der Waals surface area contributed by atoms with Gasteiger partial charge in [0.15, 0.2) is 0 Å². The highest BCUT2D eigenvalue weighted by atomic mass is 16.5. The van der Waals surface area contributed by atoms with E-state index in [1.54, 1.807) is 0 Å². The summed E-state index contributed by atoms with van der Waals surface area (Å²) in [5, 5.41) is 0. The van der Waals surface area contributed by atoms with Crippen LogP contribution >= 0.6 is 0 Å². The van der Waals surface area contributed by atoms with E-state index in [1.807, 2.05) is 38.1 Å². The highest BCUT2D eigenvalue weighted by molar-refractivity contribution is 5.89. The fourth-order valence-corrected chi connectivity index (χ4v) is 2.74. The van der Waals surface area contributed by atoms with Gasteiger partial charge < -0.3 is 10.5 Å². The summed E-state index contributed by atoms with van der Waals surface area (Å²) >= 11 is 0. The van der Waals surface area contributed by atoms with Gasteiger partial charge in [0.05, 0.1) is 6.10 Å². The van der Waals surface area contributed by atoms with Crippen molar-refractivity contribution >= 4 is 11.5 Å². The first kappa shape index (κ1) is 15.0. The minimum Gasteiger partial charge on any atom is -0.399 e. The van der Waals surface area contributed by atoms with Crippen molar-refractivity contribution in [2.75, 3.05) is 12.3 Å². The summed E-state index contributed by atoms with van der Waals surface area (Å²) in [6.07, 6.45) is 5.23. The van der Waals surface area contributed by atoms with E-state index in [9.17, 15) is 4.79 Å². The summed E-state index contributed by atoms with van der Waals surface area (Å²) in [5.41, 5.74) is 7.02. The highest BCUT2D eigenvalue weighted by Crippen LogP contribution is 2.28. The van der Waals surface area contributed by atoms with Gasteiger partial charge in [-0.2, -0.15) is 0 Å². The van der Waals surface area contributed by atoms with Crippen molar-refractivity contribution in [1.82, 2.24) is 0 Å². The standard InChI is InChI=1S/C17H25NO2/c1-17(2,13-8-10-14(18)11-9-13)16(19)7-3-5-15-6-4-12-20-15/h8-11,15H,3-7,12,18H2,1-2H3. The number of nitrogen functional groups attached to an aromatic ring is 1. The Hall–Kier alpha value is -1.35. The van der Waals surface area contributed by atoms with Gasteiger partial charge in [-0.3, -0.25) is 4.79 Å². The predicted molar refractivity (Wildman–Crippen MR) is 81.7 cm³/mol. The number of ketones is 1. The maximum absolute atomic E-state index is 12.5. The maximum Gasteiger partial charge on any atom is 0.142 e. The Bertz CT molecular complexity index is 445. The van der Waals surface area contributed by atoms with Crippen molar-refractivity contribution in [1.29, 1.82) is 0 Å². The van der Waals surface area contributed by atoms with Gasteiger partial charge in [0, 0.05) is 24.1 Å². The third-order valence-corrected chi connectivity index (χ3v) is 4.28. The van der Waals surface area contributed by atoms with Gasteiger partial charge in [0.1, 0.15) is 5.78 Å². The first-order valence-corrected chi connectivity index (χ1v) is 7.51. The third-order valence-electron chi connectivity index (χ3n) is 4.28. The van der Waals surface area contributed by atoms with Crippen molar-refractivity contribution in [3.8, 4) is 0 Å². The Balaban J connectivity index is 1.87. The molecule has 1 aliphatic rings. The summed E-state index contributed by atoms with van der Waals surface area (Å²) in [6, 6.07) is 7.62. The molecule has 0 aromatic heterocycles. The van der Waals surface area contributed by atoms with Crippen molar-refractivity contribution < 1.29 is 9.53 Å². The van der Waals surface area contributed by atoms with Crippen molar-refractivity contribution in [2.45, 2.75) is 57.5 Å². The summed E-state index contributed by atoms with van der Waals surface area (Å²) in [5.74, 6) is 0.292. The lowest BCUT2D eigenvalue weighted by atomic mass is 9.78. The molecule has 1 unspecified atom stereocenters. The molecular weight excluding hydrogens is 250 g/mol. The molecule has 3 nitrogen and oxygen atoms in total. The van der Waals surface area contributed by atoms with Crippen LogP contribution in [0.25, 0.3) is 0 Å². The molecule has 1 heterocycles. The van der Waals surface area contributed by atoms with Gasteiger partial charge in [-0.25, -0.2) is 0 Å². The zero-order valence-corrected chi connectivity index (χ0v) is 12.5. The van der Waals surface area contributed by atoms with Crippen LogP contribution < -0.4 is 5.73 Å². The summed E-state index contributed by atoms with van der Waals surface area (Å²) in [6.45, 7) is 4.87. The lowest BCUT2D eigenvalue weighted by molar-refractivity contribution is -0.123. The number of ether oxygens (including phenoxy) is 1. The van der Waals surface area contributed by atoms with Gasteiger partial charge in [0.25, 0.3) is 0 Å². The second-order valence-corrected chi connectivity index (χ2v) is 6.20. The summed E-state index contributed by atoms with van der Waals surface area (Å²) in [7, 11) is 0. The Morgan fingerprint density at radius 1 is 1.35 bits per heavy atom. The minimum absolute atomic E-state index is 0.292. The molecule has 3 heteroatoms. The average molecular weight is 275 g/mol. The molecule has 20 heavy (non-hydrogen) atoms. The molecule has 1 aliphatic heterocycles. The van der Waals surface area contributed by atoms with Crippen LogP contribution in [0.2, 0.25) is 0 Å². The Morgan fingerprint density at radius 2 is 2.05 bits per heavy atom. The average Bonchev–Trinajstić information content (AvgIpc) is 2.92. The molecule has 1 aromatic carbocycles. The minimum atomic E-state index is -0.440. The van der Waals surface area contributed by atoms with Crippen molar-refractivity contribution in [3.63, 3.8) is 0 Å². The van der Waals surface area contributed by atoms with Crippen LogP contribution in [0, 0.1) is 0 Å². The van der Waals surface area contributed by atoms with E-state index >= 15 is 0 Å². The Labute approximate surface area is 121 Å². The number of hydrogen-bond donors (Lipinski definition) is 1. The van der Waals surface area contributed by atoms with Gasteiger partial charge in [-0.1, -0.05) is 12.1 Å². The number of Topliss-reactive ketones (excluding diaryl/α,β-unsaturated/α-hetero) is 1. The van der Waals surface area contributed by atoms with Gasteiger partial charge in [-0.15, -0.1) is 0 Å². The molecule has 0 bridgehead atoms. The first-order valence-electron chi connectivity index (χ1n) is 7.51. The zero-order chi connectivity index (χ0) is 14.6. The van der Waals surface area contributed by atoms with Gasteiger partial charge in [-0.05, 0) is 57.2 Å². The topological polar surface area (TPSA) is 52.3 Å². The monoisotopic (exact) mass is 275 g/mol. The van der Waals surface area contributed by atoms with Crippen LogP contribution in [0.1, 0.15) is 51.5 Å². The van der Waals surface area contributed by atoms with Gasteiger partial charge >= 0.3 is 0 Å². The number of benzene rings is 1. The molecule has 110 valence electrons. The molecule has 2 N–H and O–H groups in total. The fraction of sp³-hybridized carbons (Fsp3) is 0.588. The van der Waals surface area contributed by atoms with E-state index in [-0.39, 0.29) is 0 Å². The molecule has 0 amide bonds. The lowest BCUT2D eigenvalue weighted by Crippen LogP contribution is -2.29. The molecule has 1 aromatic rings. The van der Waals surface area contributed by atoms with Crippen LogP contribution in [0.4, 0.5) is 5.69 Å². The molecule has 1 fully saturated rings. The molecule has 0 aliphatic carbocycles. The molecule has 1 saturated heterocycles. The van der Waals surface area contributed by atoms with E-state index in [0.29, 0.717) is 18.3 Å². The van der Waals surface area contributed by atoms with E-state index in [0.717, 1.165) is 43.5 Å². The lowest BCUT2D eigenvalue weighted by Gasteiger charge is -2.24. The SMILES string of the molecule is CC(C)(C(=O)CCCC1CCCO1)c1ccc(N)cc1. The van der Waals surface area contributed by atoms with Crippen molar-refractivity contribution in [2.24, 2.45) is 0 Å². The largest absolute Gasteiger partial charge is 0.399 e. The van der Waals surface area contributed by atoms with Gasteiger partial charge in [0.2, 0.25) is 0 Å². The van der Waals surface area contributed by atoms with E-state index in [2.05, 4.69) is 0 Å². The van der Waals surface area contributed by atoms with Crippen LogP contribution in [0.15, 0.2) is 24.3 Å². The maximum atomic E-state index is 12.5. The normalized spacial score (nSPS) is 19.2. The number of rotatable bonds is 6. The predicted octanol–water partition coefficient (Wildman–Crippen LogP) is 3.46. The summed E-state index contributed by atoms with van der Waals surface area (Å²) in [4.78, 5) is 12.5. The van der Waals surface area contributed by atoms with Crippen LogP contribution in [0.5, 0.6) is 0 Å². The second-order valence-electron chi connectivity index (χ2n) is 6.20. The number of carbonyl (C=O) groups is 1. The molecule has 0 radical (unpaired) electrons. The Morgan fingerprint density at radius 3 is 2.65 bits per heavy atom. The van der Waals surface area contributed by atoms with Crippen LogP contribution in [-0.4, -0.2) is 18.5 Å². The van der Waals surface area contributed by atoms with E-state index < -0.39 is 5.41 Å². The number of nitrogens with two attached hydrogens (primary N) is 1. The van der Waals surface area contributed by atoms with E-state index in [1.165, 1.54) is 0 Å². The third kappa shape index (κ3) is 3.60. The molecular formula is C17H25NO2. The van der Waals surface area contributed by atoms with E-state index in [4.69, 9.17) is 10.5 Å². The van der Waals surface area contributed by atoms with Crippen LogP contribution in [0.3, 0.4) is 0 Å². The molecule has 2 rings (SSSR count).